The first-order valence-corrected chi connectivity index (χ1v) is 10.8. The van der Waals surface area contributed by atoms with Crippen LogP contribution in [0, 0.1) is 11.6 Å². The summed E-state index contributed by atoms with van der Waals surface area (Å²) >= 11 is 0. The summed E-state index contributed by atoms with van der Waals surface area (Å²) in [6.07, 6.45) is 1.08. The normalized spacial score (nSPS) is 20.9. The van der Waals surface area contributed by atoms with E-state index in [1.165, 1.54) is 4.90 Å². The standard InChI is InChI=1S/C20H18F2N2O5S/c21-15-7-3-8-16(22)18(15)30(27,28)23-11-17(25)24-10-4-9-20(12-24)14-6-2-1-5-13(14)19(26)29-20/h1-3,5-8,23H,4,9-12H2. The highest BCUT2D eigenvalue weighted by molar-refractivity contribution is 7.89. The number of ether oxygens (including phenoxy) is 1. The lowest BCUT2D eigenvalue weighted by Crippen LogP contribution is -2.51. The zero-order valence-corrected chi connectivity index (χ0v) is 16.5. The van der Waals surface area contributed by atoms with Crippen molar-refractivity contribution < 1.29 is 31.5 Å². The summed E-state index contributed by atoms with van der Waals surface area (Å²) in [4.78, 5) is 25.1. The van der Waals surface area contributed by atoms with Crippen LogP contribution in [0.4, 0.5) is 8.78 Å². The first-order chi connectivity index (χ1) is 14.2. The van der Waals surface area contributed by atoms with Crippen LogP contribution >= 0.6 is 0 Å². The molecule has 0 aromatic heterocycles. The Morgan fingerprint density at radius 1 is 1.13 bits per heavy atom. The molecule has 1 atom stereocenters. The molecule has 1 N–H and O–H groups in total. The molecule has 2 aromatic rings. The van der Waals surface area contributed by atoms with E-state index < -0.39 is 50.6 Å². The molecular formula is C20H18F2N2O5S. The van der Waals surface area contributed by atoms with Crippen LogP contribution in [0.5, 0.6) is 0 Å². The Hall–Kier alpha value is -2.85. The molecule has 4 rings (SSSR count). The van der Waals surface area contributed by atoms with Gasteiger partial charge in [0, 0.05) is 12.1 Å². The van der Waals surface area contributed by atoms with Gasteiger partial charge in [-0.1, -0.05) is 24.3 Å². The SMILES string of the molecule is O=C1OC2(CCCN(C(=O)CNS(=O)(=O)c3c(F)cccc3F)C2)c2ccccc21. The van der Waals surface area contributed by atoms with E-state index in [2.05, 4.69) is 0 Å². The molecule has 1 saturated heterocycles. The van der Waals surface area contributed by atoms with Gasteiger partial charge < -0.3 is 9.64 Å². The molecule has 1 spiro atoms. The number of carbonyl (C=O) groups is 2. The molecule has 1 amide bonds. The highest BCUT2D eigenvalue weighted by Gasteiger charge is 2.48. The minimum absolute atomic E-state index is 0.0738. The molecule has 1 fully saturated rings. The smallest absolute Gasteiger partial charge is 0.339 e. The third-order valence-corrected chi connectivity index (χ3v) is 6.79. The second-order valence-corrected chi connectivity index (χ2v) is 8.93. The zero-order chi connectivity index (χ0) is 21.5. The van der Waals surface area contributed by atoms with E-state index in [4.69, 9.17) is 4.74 Å². The predicted octanol–water partition coefficient (Wildman–Crippen LogP) is 1.93. The van der Waals surface area contributed by atoms with E-state index in [0.717, 1.165) is 18.2 Å². The first-order valence-electron chi connectivity index (χ1n) is 9.28. The minimum Gasteiger partial charge on any atom is -0.449 e. The lowest BCUT2D eigenvalue weighted by Gasteiger charge is -2.39. The fourth-order valence-corrected chi connectivity index (χ4v) is 5.07. The number of halogens is 2. The molecule has 7 nitrogen and oxygen atoms in total. The summed E-state index contributed by atoms with van der Waals surface area (Å²) in [7, 11) is -4.57. The summed E-state index contributed by atoms with van der Waals surface area (Å²) < 4.78 is 59.7. The van der Waals surface area contributed by atoms with Crippen molar-refractivity contribution >= 4 is 21.9 Å². The molecule has 0 aliphatic carbocycles. The number of fused-ring (bicyclic) bond motifs is 2. The van der Waals surface area contributed by atoms with Gasteiger partial charge in [0.2, 0.25) is 15.9 Å². The minimum atomic E-state index is -4.57. The van der Waals surface area contributed by atoms with Crippen molar-refractivity contribution in [2.45, 2.75) is 23.3 Å². The number of piperidine rings is 1. The number of benzene rings is 2. The Morgan fingerprint density at radius 2 is 1.83 bits per heavy atom. The van der Waals surface area contributed by atoms with Crippen LogP contribution in [0.15, 0.2) is 47.4 Å². The van der Waals surface area contributed by atoms with E-state index in [9.17, 15) is 26.8 Å². The average Bonchev–Trinajstić information content (AvgIpc) is 2.97. The molecular weight excluding hydrogens is 418 g/mol. The van der Waals surface area contributed by atoms with Gasteiger partial charge >= 0.3 is 5.97 Å². The Labute approximate surface area is 171 Å². The summed E-state index contributed by atoms with van der Waals surface area (Å²) in [6.45, 7) is -0.262. The molecule has 0 saturated carbocycles. The van der Waals surface area contributed by atoms with Crippen LogP contribution in [-0.4, -0.2) is 44.8 Å². The van der Waals surface area contributed by atoms with E-state index in [1.54, 1.807) is 24.3 Å². The van der Waals surface area contributed by atoms with Crippen LogP contribution in [0.3, 0.4) is 0 Å². The van der Waals surface area contributed by atoms with Gasteiger partial charge in [0.25, 0.3) is 0 Å². The third kappa shape index (κ3) is 3.46. The number of likely N-dealkylation sites (tertiary alicyclic amines) is 1. The topological polar surface area (TPSA) is 92.8 Å². The molecule has 0 bridgehead atoms. The van der Waals surface area contributed by atoms with Crippen molar-refractivity contribution in [3.63, 3.8) is 0 Å². The monoisotopic (exact) mass is 436 g/mol. The number of nitrogens with one attached hydrogen (secondary N) is 1. The quantitative estimate of drug-likeness (QED) is 0.740. The van der Waals surface area contributed by atoms with Crippen molar-refractivity contribution in [1.82, 2.24) is 9.62 Å². The third-order valence-electron chi connectivity index (χ3n) is 5.33. The highest BCUT2D eigenvalue weighted by Crippen LogP contribution is 2.42. The van der Waals surface area contributed by atoms with Gasteiger partial charge in [-0.2, -0.15) is 0 Å². The molecule has 2 aliphatic rings. The van der Waals surface area contributed by atoms with Crippen molar-refractivity contribution in [3.05, 3.63) is 65.2 Å². The lowest BCUT2D eigenvalue weighted by molar-refractivity contribution is -0.137. The van der Waals surface area contributed by atoms with Crippen LogP contribution < -0.4 is 4.72 Å². The zero-order valence-electron chi connectivity index (χ0n) is 15.7. The van der Waals surface area contributed by atoms with Gasteiger partial charge in [0.1, 0.15) is 11.6 Å². The summed E-state index contributed by atoms with van der Waals surface area (Å²) in [6, 6.07) is 9.62. The Bertz CT molecular complexity index is 1120. The van der Waals surface area contributed by atoms with Crippen LogP contribution in [-0.2, 0) is 25.2 Å². The molecule has 1 unspecified atom stereocenters. The number of amides is 1. The second-order valence-electron chi connectivity index (χ2n) is 7.22. The molecule has 10 heteroatoms. The number of nitrogens with zero attached hydrogens (tertiary/aromatic N) is 1. The molecule has 30 heavy (non-hydrogen) atoms. The van der Waals surface area contributed by atoms with E-state index >= 15 is 0 Å². The van der Waals surface area contributed by atoms with E-state index in [-0.39, 0.29) is 6.54 Å². The van der Waals surface area contributed by atoms with Crippen LogP contribution in [0.1, 0.15) is 28.8 Å². The number of hydrogen-bond donors (Lipinski definition) is 1. The Kier molecular flexibility index (Phi) is 5.07. The van der Waals surface area contributed by atoms with Crippen LogP contribution in [0.2, 0.25) is 0 Å². The number of sulfonamides is 1. The molecule has 2 aromatic carbocycles. The Morgan fingerprint density at radius 3 is 2.57 bits per heavy atom. The van der Waals surface area contributed by atoms with E-state index in [0.29, 0.717) is 30.5 Å². The Balaban J connectivity index is 1.49. The predicted molar refractivity (Wildman–Crippen MR) is 101 cm³/mol. The number of carbonyl (C=O) groups excluding carboxylic acids is 2. The highest BCUT2D eigenvalue weighted by atomic mass is 32.2. The fraction of sp³-hybridized carbons (Fsp3) is 0.300. The summed E-state index contributed by atoms with van der Waals surface area (Å²) in [5, 5.41) is 0. The molecule has 158 valence electrons. The van der Waals surface area contributed by atoms with Crippen molar-refractivity contribution in [2.24, 2.45) is 0 Å². The maximum Gasteiger partial charge on any atom is 0.339 e. The van der Waals surface area contributed by atoms with Gasteiger partial charge in [0.05, 0.1) is 18.7 Å². The second kappa shape index (κ2) is 7.44. The number of hydrogen-bond acceptors (Lipinski definition) is 5. The van der Waals surface area contributed by atoms with Gasteiger partial charge in [-0.3, -0.25) is 4.79 Å². The van der Waals surface area contributed by atoms with Crippen molar-refractivity contribution in [3.8, 4) is 0 Å². The van der Waals surface area contributed by atoms with Crippen molar-refractivity contribution in [1.29, 1.82) is 0 Å². The van der Waals surface area contributed by atoms with Crippen LogP contribution in [0.25, 0.3) is 0 Å². The van der Waals surface area contributed by atoms with E-state index in [1.807, 2.05) is 4.72 Å². The summed E-state index contributed by atoms with van der Waals surface area (Å²) in [5.41, 5.74) is 0.169. The summed E-state index contributed by atoms with van der Waals surface area (Å²) in [5.74, 6) is -3.55. The van der Waals surface area contributed by atoms with Gasteiger partial charge in [-0.15, -0.1) is 0 Å². The maximum atomic E-state index is 13.8. The maximum absolute atomic E-state index is 13.8. The number of esters is 1. The molecule has 2 aliphatic heterocycles. The van der Waals surface area contributed by atoms with Crippen molar-refractivity contribution in [2.75, 3.05) is 19.6 Å². The largest absolute Gasteiger partial charge is 0.449 e. The fourth-order valence-electron chi connectivity index (χ4n) is 3.96. The number of rotatable bonds is 4. The van der Waals surface area contributed by atoms with Gasteiger partial charge in [0.15, 0.2) is 10.5 Å². The molecule has 0 radical (unpaired) electrons. The first kappa shape index (κ1) is 20.4. The van der Waals surface area contributed by atoms with Gasteiger partial charge in [-0.05, 0) is 31.0 Å². The lowest BCUT2D eigenvalue weighted by atomic mass is 9.85. The average molecular weight is 436 g/mol. The van der Waals surface area contributed by atoms with Gasteiger partial charge in [-0.25, -0.2) is 26.7 Å². The molecule has 2 heterocycles.